The predicted molar refractivity (Wildman–Crippen MR) is 114 cm³/mol. The zero-order chi connectivity index (χ0) is 21.7. The van der Waals surface area contributed by atoms with Crippen molar-refractivity contribution in [1.82, 2.24) is 0 Å². The second-order valence-corrected chi connectivity index (χ2v) is 8.19. The zero-order valence-corrected chi connectivity index (χ0v) is 18.4. The Kier molecular flexibility index (Phi) is 7.56. The van der Waals surface area contributed by atoms with Crippen LogP contribution in [0.2, 0.25) is 0 Å². The van der Waals surface area contributed by atoms with Gasteiger partial charge in [0.15, 0.2) is 0 Å². The van der Waals surface area contributed by atoms with E-state index >= 15 is 0 Å². The molecule has 0 unspecified atom stereocenters. The van der Waals surface area contributed by atoms with Crippen LogP contribution in [0.4, 0.5) is 5.00 Å². The SMILES string of the molecule is CCOC(=O)c1c(NC(=O)c2ccc(C(C)C)cc2)sc(C(=O)OC(C)C)c1C. The maximum atomic E-state index is 12.7. The standard InChI is InChI=1S/C22H27NO5S/c1-7-27-21(25)17-14(6)18(22(26)28-13(4)5)29-20(17)23-19(24)16-10-8-15(9-11-16)12(2)3/h8-13H,7H2,1-6H3,(H,23,24). The second kappa shape index (κ2) is 9.69. The molecular weight excluding hydrogens is 390 g/mol. The molecule has 1 aromatic carbocycles. The Morgan fingerprint density at radius 3 is 2.17 bits per heavy atom. The minimum Gasteiger partial charge on any atom is -0.462 e. The van der Waals surface area contributed by atoms with Gasteiger partial charge in [-0.15, -0.1) is 11.3 Å². The lowest BCUT2D eigenvalue weighted by molar-refractivity contribution is 0.0383. The molecule has 1 heterocycles. The van der Waals surface area contributed by atoms with Gasteiger partial charge in [-0.2, -0.15) is 0 Å². The van der Waals surface area contributed by atoms with E-state index in [4.69, 9.17) is 9.47 Å². The Balaban J connectivity index is 2.37. The number of carbonyl (C=O) groups excluding carboxylic acids is 3. The number of ether oxygens (including phenoxy) is 2. The van der Waals surface area contributed by atoms with Crippen LogP contribution in [0.15, 0.2) is 24.3 Å². The van der Waals surface area contributed by atoms with Gasteiger partial charge in [0.1, 0.15) is 9.88 Å². The van der Waals surface area contributed by atoms with E-state index in [1.54, 1.807) is 39.8 Å². The number of hydrogen-bond donors (Lipinski definition) is 1. The Morgan fingerprint density at radius 2 is 1.66 bits per heavy atom. The number of amides is 1. The van der Waals surface area contributed by atoms with Crippen molar-refractivity contribution in [2.24, 2.45) is 0 Å². The Bertz CT molecular complexity index is 897. The summed E-state index contributed by atoms with van der Waals surface area (Å²) in [6, 6.07) is 7.28. The topological polar surface area (TPSA) is 81.7 Å². The summed E-state index contributed by atoms with van der Waals surface area (Å²) in [6.45, 7) is 11.2. The molecule has 1 aromatic heterocycles. The molecule has 0 spiro atoms. The molecule has 0 aliphatic carbocycles. The van der Waals surface area contributed by atoms with E-state index in [1.165, 1.54) is 0 Å². The van der Waals surface area contributed by atoms with Crippen LogP contribution in [0.25, 0.3) is 0 Å². The summed E-state index contributed by atoms with van der Waals surface area (Å²) >= 11 is 1.01. The second-order valence-electron chi connectivity index (χ2n) is 7.17. The van der Waals surface area contributed by atoms with E-state index in [9.17, 15) is 14.4 Å². The van der Waals surface area contributed by atoms with Gasteiger partial charge in [-0.05, 0) is 56.9 Å². The van der Waals surface area contributed by atoms with Crippen LogP contribution in [0.5, 0.6) is 0 Å². The van der Waals surface area contributed by atoms with Crippen molar-refractivity contribution in [1.29, 1.82) is 0 Å². The van der Waals surface area contributed by atoms with Gasteiger partial charge in [0, 0.05) is 5.56 Å². The molecule has 0 bridgehead atoms. The van der Waals surface area contributed by atoms with Crippen molar-refractivity contribution in [2.75, 3.05) is 11.9 Å². The lowest BCUT2D eigenvalue weighted by Crippen LogP contribution is -2.15. The van der Waals surface area contributed by atoms with Gasteiger partial charge in [-0.1, -0.05) is 26.0 Å². The molecule has 1 amide bonds. The van der Waals surface area contributed by atoms with Crippen LogP contribution in [-0.2, 0) is 9.47 Å². The lowest BCUT2D eigenvalue weighted by Gasteiger charge is -2.09. The molecule has 0 fully saturated rings. The highest BCUT2D eigenvalue weighted by molar-refractivity contribution is 7.18. The summed E-state index contributed by atoms with van der Waals surface area (Å²) in [6.07, 6.45) is -0.299. The minimum atomic E-state index is -0.588. The quantitative estimate of drug-likeness (QED) is 0.628. The summed E-state index contributed by atoms with van der Waals surface area (Å²) in [4.78, 5) is 37.9. The smallest absolute Gasteiger partial charge is 0.348 e. The molecule has 1 N–H and O–H groups in total. The molecule has 156 valence electrons. The van der Waals surface area contributed by atoms with E-state index in [1.807, 2.05) is 12.1 Å². The fourth-order valence-corrected chi connectivity index (χ4v) is 3.78. The van der Waals surface area contributed by atoms with Crippen LogP contribution in [0, 0.1) is 6.92 Å². The monoisotopic (exact) mass is 417 g/mol. The summed E-state index contributed by atoms with van der Waals surface area (Å²) in [5.41, 5.74) is 2.20. The Hall–Kier alpha value is -2.67. The van der Waals surface area contributed by atoms with Gasteiger partial charge in [0.2, 0.25) is 0 Å². The van der Waals surface area contributed by atoms with Crippen molar-refractivity contribution >= 4 is 34.2 Å². The number of thiophene rings is 1. The van der Waals surface area contributed by atoms with E-state index in [0.717, 1.165) is 16.9 Å². The van der Waals surface area contributed by atoms with Crippen LogP contribution in [0.3, 0.4) is 0 Å². The van der Waals surface area contributed by atoms with Crippen molar-refractivity contribution in [3.05, 3.63) is 51.4 Å². The number of esters is 2. The van der Waals surface area contributed by atoms with Crippen molar-refractivity contribution < 1.29 is 23.9 Å². The van der Waals surface area contributed by atoms with E-state index in [0.29, 0.717) is 17.0 Å². The van der Waals surface area contributed by atoms with Gasteiger partial charge in [-0.3, -0.25) is 4.79 Å². The highest BCUT2D eigenvalue weighted by Crippen LogP contribution is 2.35. The van der Waals surface area contributed by atoms with Gasteiger partial charge in [0.25, 0.3) is 5.91 Å². The molecule has 0 aliphatic rings. The number of anilines is 1. The van der Waals surface area contributed by atoms with E-state index in [-0.39, 0.29) is 34.1 Å². The van der Waals surface area contributed by atoms with Crippen molar-refractivity contribution in [3.8, 4) is 0 Å². The first-order valence-electron chi connectivity index (χ1n) is 9.58. The van der Waals surface area contributed by atoms with Crippen LogP contribution >= 0.6 is 11.3 Å². The molecular formula is C22H27NO5S. The van der Waals surface area contributed by atoms with Crippen molar-refractivity contribution in [2.45, 2.75) is 53.6 Å². The largest absolute Gasteiger partial charge is 0.462 e. The summed E-state index contributed by atoms with van der Waals surface area (Å²) in [7, 11) is 0. The number of benzene rings is 1. The average Bonchev–Trinajstić information content (AvgIpc) is 2.97. The van der Waals surface area contributed by atoms with Gasteiger partial charge in [0.05, 0.1) is 18.3 Å². The molecule has 0 radical (unpaired) electrons. The highest BCUT2D eigenvalue weighted by Gasteiger charge is 2.28. The van der Waals surface area contributed by atoms with Gasteiger partial charge < -0.3 is 14.8 Å². The summed E-state index contributed by atoms with van der Waals surface area (Å²) in [5, 5.41) is 3.03. The third-order valence-corrected chi connectivity index (χ3v) is 5.41. The van der Waals surface area contributed by atoms with Crippen molar-refractivity contribution in [3.63, 3.8) is 0 Å². The first-order chi connectivity index (χ1) is 13.6. The van der Waals surface area contributed by atoms with Crippen LogP contribution in [-0.4, -0.2) is 30.6 Å². The number of nitrogens with one attached hydrogen (secondary N) is 1. The third kappa shape index (κ3) is 5.44. The molecule has 0 saturated heterocycles. The molecule has 29 heavy (non-hydrogen) atoms. The van der Waals surface area contributed by atoms with Crippen LogP contribution < -0.4 is 5.32 Å². The zero-order valence-electron chi connectivity index (χ0n) is 17.6. The fourth-order valence-electron chi connectivity index (χ4n) is 2.71. The molecule has 2 rings (SSSR count). The summed E-state index contributed by atoms with van der Waals surface area (Å²) in [5.74, 6) is -1.13. The Labute approximate surface area is 175 Å². The number of carbonyl (C=O) groups is 3. The first-order valence-corrected chi connectivity index (χ1v) is 10.4. The fraction of sp³-hybridized carbons (Fsp3) is 0.409. The molecule has 6 nitrogen and oxygen atoms in total. The van der Waals surface area contributed by atoms with E-state index in [2.05, 4.69) is 19.2 Å². The molecule has 2 aromatic rings. The van der Waals surface area contributed by atoms with Crippen LogP contribution in [0.1, 0.15) is 82.1 Å². The lowest BCUT2D eigenvalue weighted by atomic mass is 10.0. The maximum Gasteiger partial charge on any atom is 0.348 e. The molecule has 7 heteroatoms. The highest BCUT2D eigenvalue weighted by atomic mass is 32.1. The van der Waals surface area contributed by atoms with Gasteiger partial charge in [-0.25, -0.2) is 9.59 Å². The normalized spacial score (nSPS) is 10.9. The predicted octanol–water partition coefficient (Wildman–Crippen LogP) is 5.17. The van der Waals surface area contributed by atoms with Gasteiger partial charge >= 0.3 is 11.9 Å². The molecule has 0 aliphatic heterocycles. The third-order valence-electron chi connectivity index (χ3n) is 4.22. The van der Waals surface area contributed by atoms with E-state index < -0.39 is 11.9 Å². The summed E-state index contributed by atoms with van der Waals surface area (Å²) < 4.78 is 10.4. The number of rotatable bonds is 7. The molecule has 0 saturated carbocycles. The molecule has 0 atom stereocenters. The maximum absolute atomic E-state index is 12.7. The minimum absolute atomic E-state index is 0.180. The number of hydrogen-bond acceptors (Lipinski definition) is 6. The first kappa shape index (κ1) is 22.6. The Morgan fingerprint density at radius 1 is 1.03 bits per heavy atom. The average molecular weight is 418 g/mol.